The number of nitrogens with one attached hydrogen (secondary N) is 2. The van der Waals surface area contributed by atoms with Gasteiger partial charge in [-0.15, -0.1) is 0 Å². The minimum atomic E-state index is -0.857. The zero-order valence-electron chi connectivity index (χ0n) is 14.1. The zero-order valence-corrected chi connectivity index (χ0v) is 14.9. The number of amides is 1. The standard InChI is InChI=1S/C18H20ClN3O4/c19-14-5-4-12(26-16-10-20-9-15(23)22-16)8-13(14)17(24)21-11-18(25)6-2-1-3-7-18/h4-5,8-10,25H,1-3,6-7,11H2,(H,21,24)(H,22,23). The maximum Gasteiger partial charge on any atom is 0.269 e. The van der Waals surface area contributed by atoms with E-state index >= 15 is 0 Å². The molecule has 1 fully saturated rings. The van der Waals surface area contributed by atoms with Crippen molar-refractivity contribution < 1.29 is 14.6 Å². The Bertz CT molecular complexity index is 846. The number of halogens is 1. The molecule has 3 rings (SSSR count). The molecule has 1 amide bonds. The number of carbonyl (C=O) groups excluding carboxylic acids is 1. The van der Waals surface area contributed by atoms with Crippen LogP contribution in [0.15, 0.2) is 35.4 Å². The van der Waals surface area contributed by atoms with Crippen LogP contribution in [0.2, 0.25) is 5.02 Å². The molecular weight excluding hydrogens is 358 g/mol. The minimum absolute atomic E-state index is 0.155. The lowest BCUT2D eigenvalue weighted by Crippen LogP contribution is -2.44. The molecular formula is C18H20ClN3O4. The third-order valence-corrected chi connectivity index (χ3v) is 4.73. The summed E-state index contributed by atoms with van der Waals surface area (Å²) in [5, 5.41) is 13.5. The molecule has 0 spiro atoms. The maximum absolute atomic E-state index is 12.5. The molecule has 0 aliphatic heterocycles. The molecule has 26 heavy (non-hydrogen) atoms. The number of carbonyl (C=O) groups is 1. The van der Waals surface area contributed by atoms with Gasteiger partial charge >= 0.3 is 0 Å². The summed E-state index contributed by atoms with van der Waals surface area (Å²) in [5.41, 5.74) is -1.02. The highest BCUT2D eigenvalue weighted by Gasteiger charge is 2.29. The van der Waals surface area contributed by atoms with Crippen molar-refractivity contribution in [3.05, 3.63) is 51.5 Å². The smallest absolute Gasteiger partial charge is 0.269 e. The summed E-state index contributed by atoms with van der Waals surface area (Å²) in [6.07, 6.45) is 6.87. The lowest BCUT2D eigenvalue weighted by atomic mass is 9.85. The molecule has 1 aliphatic carbocycles. The number of aliphatic hydroxyl groups is 1. The van der Waals surface area contributed by atoms with Gasteiger partial charge in [-0.2, -0.15) is 0 Å². The molecule has 1 heterocycles. The highest BCUT2D eigenvalue weighted by molar-refractivity contribution is 6.33. The number of hydrogen-bond donors (Lipinski definition) is 3. The number of rotatable bonds is 5. The first-order valence-electron chi connectivity index (χ1n) is 8.48. The highest BCUT2D eigenvalue weighted by atomic mass is 35.5. The molecule has 7 nitrogen and oxygen atoms in total. The highest BCUT2D eigenvalue weighted by Crippen LogP contribution is 2.28. The van der Waals surface area contributed by atoms with Gasteiger partial charge in [0.1, 0.15) is 5.75 Å². The summed E-state index contributed by atoms with van der Waals surface area (Å²) in [6.45, 7) is 0.184. The van der Waals surface area contributed by atoms with Gasteiger partial charge in [-0.25, -0.2) is 0 Å². The number of H-pyrrole nitrogens is 1. The Morgan fingerprint density at radius 2 is 2.08 bits per heavy atom. The molecule has 2 aromatic rings. The van der Waals surface area contributed by atoms with Crippen molar-refractivity contribution >= 4 is 17.5 Å². The van der Waals surface area contributed by atoms with E-state index in [0.29, 0.717) is 18.6 Å². The Hall–Kier alpha value is -2.38. The Labute approximate surface area is 155 Å². The van der Waals surface area contributed by atoms with Crippen molar-refractivity contribution in [3.63, 3.8) is 0 Å². The van der Waals surface area contributed by atoms with Gasteiger partial charge in [-0.1, -0.05) is 30.9 Å². The van der Waals surface area contributed by atoms with E-state index in [2.05, 4.69) is 15.3 Å². The first-order valence-corrected chi connectivity index (χ1v) is 8.85. The number of aromatic nitrogens is 2. The SMILES string of the molecule is O=C(NCC1(O)CCCCC1)c1cc(Oc2cncc(=O)[nH]2)ccc1Cl. The van der Waals surface area contributed by atoms with Crippen LogP contribution in [0.25, 0.3) is 0 Å². The van der Waals surface area contributed by atoms with Gasteiger partial charge in [-0.3, -0.25) is 19.6 Å². The number of hydrogen-bond acceptors (Lipinski definition) is 5. The summed E-state index contributed by atoms with van der Waals surface area (Å²) < 4.78 is 5.51. The van der Waals surface area contributed by atoms with Crippen LogP contribution in [-0.4, -0.2) is 33.1 Å². The number of ether oxygens (including phenoxy) is 1. The summed E-state index contributed by atoms with van der Waals surface area (Å²) in [7, 11) is 0. The van der Waals surface area contributed by atoms with Crippen molar-refractivity contribution in [3.8, 4) is 11.6 Å². The Balaban J connectivity index is 1.70. The maximum atomic E-state index is 12.5. The largest absolute Gasteiger partial charge is 0.439 e. The second-order valence-corrected chi connectivity index (χ2v) is 6.88. The topological polar surface area (TPSA) is 104 Å². The zero-order chi connectivity index (χ0) is 18.6. The van der Waals surface area contributed by atoms with Crippen LogP contribution in [0.5, 0.6) is 11.6 Å². The van der Waals surface area contributed by atoms with E-state index in [9.17, 15) is 14.7 Å². The number of aromatic amines is 1. The van der Waals surface area contributed by atoms with Crippen LogP contribution in [0.3, 0.4) is 0 Å². The van der Waals surface area contributed by atoms with Crippen molar-refractivity contribution in [2.75, 3.05) is 6.54 Å². The molecule has 1 aromatic carbocycles. The van der Waals surface area contributed by atoms with Crippen LogP contribution in [0, 0.1) is 0 Å². The molecule has 0 atom stereocenters. The van der Waals surface area contributed by atoms with Gasteiger partial charge in [0.05, 0.1) is 28.6 Å². The second-order valence-electron chi connectivity index (χ2n) is 6.47. The molecule has 0 bridgehead atoms. The summed E-state index contributed by atoms with van der Waals surface area (Å²) in [4.78, 5) is 30.0. The third kappa shape index (κ3) is 4.62. The Morgan fingerprint density at radius 1 is 1.31 bits per heavy atom. The fourth-order valence-corrected chi connectivity index (χ4v) is 3.21. The van der Waals surface area contributed by atoms with E-state index in [0.717, 1.165) is 25.5 Å². The van der Waals surface area contributed by atoms with Crippen molar-refractivity contribution in [1.82, 2.24) is 15.3 Å². The summed E-state index contributed by atoms with van der Waals surface area (Å²) >= 11 is 6.13. The van der Waals surface area contributed by atoms with Crippen LogP contribution in [0.4, 0.5) is 0 Å². The molecule has 138 valence electrons. The fourth-order valence-electron chi connectivity index (χ4n) is 3.01. The number of benzene rings is 1. The average Bonchev–Trinajstić information content (AvgIpc) is 2.62. The molecule has 0 saturated heterocycles. The molecule has 3 N–H and O–H groups in total. The molecule has 0 unspecified atom stereocenters. The molecule has 8 heteroatoms. The Morgan fingerprint density at radius 3 is 2.81 bits per heavy atom. The van der Waals surface area contributed by atoms with Crippen molar-refractivity contribution in [1.29, 1.82) is 0 Å². The van der Waals surface area contributed by atoms with E-state index in [1.807, 2.05) is 0 Å². The first-order chi connectivity index (χ1) is 12.5. The van der Waals surface area contributed by atoms with Gasteiger partial charge in [0.25, 0.3) is 11.5 Å². The first kappa shape index (κ1) is 18.4. The quantitative estimate of drug-likeness (QED) is 0.743. The molecule has 0 radical (unpaired) electrons. The van der Waals surface area contributed by atoms with E-state index in [4.69, 9.17) is 16.3 Å². The van der Waals surface area contributed by atoms with E-state index < -0.39 is 11.2 Å². The normalized spacial score (nSPS) is 16.1. The number of nitrogens with zero attached hydrogens (tertiary/aromatic N) is 1. The Kier molecular flexibility index (Phi) is 5.58. The van der Waals surface area contributed by atoms with Gasteiger partial charge in [0.15, 0.2) is 0 Å². The molecule has 1 aliphatic rings. The van der Waals surface area contributed by atoms with Gasteiger partial charge in [-0.05, 0) is 31.0 Å². The predicted molar refractivity (Wildman–Crippen MR) is 96.8 cm³/mol. The van der Waals surface area contributed by atoms with Gasteiger partial charge < -0.3 is 15.2 Å². The van der Waals surface area contributed by atoms with E-state index in [1.165, 1.54) is 18.3 Å². The second kappa shape index (κ2) is 7.88. The summed E-state index contributed by atoms with van der Waals surface area (Å²) in [5.74, 6) is 0.0985. The van der Waals surface area contributed by atoms with Crippen LogP contribution in [-0.2, 0) is 0 Å². The molecule has 1 saturated carbocycles. The lowest BCUT2D eigenvalue weighted by molar-refractivity contribution is 0.00526. The van der Waals surface area contributed by atoms with Crippen molar-refractivity contribution in [2.24, 2.45) is 0 Å². The fraction of sp³-hybridized carbons (Fsp3) is 0.389. The van der Waals surface area contributed by atoms with Crippen LogP contribution < -0.4 is 15.6 Å². The predicted octanol–water partition coefficient (Wildman–Crippen LogP) is 2.64. The van der Waals surface area contributed by atoms with Gasteiger partial charge in [0, 0.05) is 6.54 Å². The monoisotopic (exact) mass is 377 g/mol. The minimum Gasteiger partial charge on any atom is -0.439 e. The summed E-state index contributed by atoms with van der Waals surface area (Å²) in [6, 6.07) is 4.60. The van der Waals surface area contributed by atoms with Crippen LogP contribution in [0.1, 0.15) is 42.5 Å². The van der Waals surface area contributed by atoms with Crippen LogP contribution >= 0.6 is 11.6 Å². The van der Waals surface area contributed by atoms with Crippen molar-refractivity contribution in [2.45, 2.75) is 37.7 Å². The van der Waals surface area contributed by atoms with E-state index in [1.54, 1.807) is 6.07 Å². The average molecular weight is 378 g/mol. The third-order valence-electron chi connectivity index (χ3n) is 4.40. The lowest BCUT2D eigenvalue weighted by Gasteiger charge is -2.32. The van der Waals surface area contributed by atoms with Gasteiger partial charge in [0.2, 0.25) is 5.88 Å². The molecule has 1 aromatic heterocycles. The van der Waals surface area contributed by atoms with E-state index in [-0.39, 0.29) is 28.9 Å².